The van der Waals surface area contributed by atoms with Crippen LogP contribution in [0.15, 0.2) is 5.38 Å². The molecule has 4 heteroatoms. The molecule has 0 radical (unpaired) electrons. The van der Waals surface area contributed by atoms with Gasteiger partial charge in [0.25, 0.3) is 0 Å². The molecule has 1 N–H and O–H groups in total. The third kappa shape index (κ3) is 6.47. The van der Waals surface area contributed by atoms with Crippen LogP contribution in [0.2, 0.25) is 0 Å². The SMILES string of the molecule is CCCCCCC(C)OCc1csc(CNC)n1. The fraction of sp³-hybridized carbons (Fsp3) is 0.786. The van der Waals surface area contributed by atoms with Gasteiger partial charge in [-0.3, -0.25) is 0 Å². The van der Waals surface area contributed by atoms with Gasteiger partial charge in [-0.25, -0.2) is 4.98 Å². The standard InChI is InChI=1S/C14H26N2OS/c1-4-5-6-7-8-12(2)17-10-13-11-18-14(16-13)9-15-3/h11-12,15H,4-10H2,1-3H3. The Morgan fingerprint density at radius 1 is 1.39 bits per heavy atom. The second-order valence-corrected chi connectivity index (χ2v) is 5.68. The molecule has 0 aliphatic heterocycles. The summed E-state index contributed by atoms with van der Waals surface area (Å²) in [5, 5.41) is 6.33. The van der Waals surface area contributed by atoms with Crippen LogP contribution in [0.1, 0.15) is 56.7 Å². The van der Waals surface area contributed by atoms with E-state index in [1.54, 1.807) is 11.3 Å². The van der Waals surface area contributed by atoms with Gasteiger partial charge < -0.3 is 10.1 Å². The zero-order chi connectivity index (χ0) is 13.2. The molecule has 0 spiro atoms. The molecule has 104 valence electrons. The topological polar surface area (TPSA) is 34.1 Å². The number of nitrogens with zero attached hydrogens (tertiary/aromatic N) is 1. The van der Waals surface area contributed by atoms with Gasteiger partial charge in [0.15, 0.2) is 0 Å². The summed E-state index contributed by atoms with van der Waals surface area (Å²) in [7, 11) is 1.94. The fourth-order valence-corrected chi connectivity index (χ4v) is 2.61. The van der Waals surface area contributed by atoms with Crippen molar-refractivity contribution in [2.75, 3.05) is 7.05 Å². The Bertz CT molecular complexity index is 314. The average molecular weight is 270 g/mol. The summed E-state index contributed by atoms with van der Waals surface area (Å²) >= 11 is 1.70. The average Bonchev–Trinajstić information content (AvgIpc) is 2.80. The molecular weight excluding hydrogens is 244 g/mol. The van der Waals surface area contributed by atoms with Gasteiger partial charge in [0, 0.05) is 11.9 Å². The van der Waals surface area contributed by atoms with E-state index in [0.29, 0.717) is 12.7 Å². The highest BCUT2D eigenvalue weighted by molar-refractivity contribution is 7.09. The van der Waals surface area contributed by atoms with Gasteiger partial charge in [-0.05, 0) is 20.4 Å². The van der Waals surface area contributed by atoms with E-state index in [0.717, 1.165) is 23.7 Å². The van der Waals surface area contributed by atoms with E-state index < -0.39 is 0 Å². The summed E-state index contributed by atoms with van der Waals surface area (Å²) in [6.07, 6.45) is 6.74. The molecule has 0 aromatic carbocycles. The number of hydrogen-bond donors (Lipinski definition) is 1. The predicted octanol–water partition coefficient (Wildman–Crippen LogP) is 3.74. The van der Waals surface area contributed by atoms with E-state index in [-0.39, 0.29) is 0 Å². The number of nitrogens with one attached hydrogen (secondary N) is 1. The van der Waals surface area contributed by atoms with E-state index in [4.69, 9.17) is 4.74 Å². The second kappa shape index (κ2) is 9.48. The molecule has 0 amide bonds. The van der Waals surface area contributed by atoms with Crippen molar-refractivity contribution >= 4 is 11.3 Å². The van der Waals surface area contributed by atoms with Gasteiger partial charge in [-0.2, -0.15) is 0 Å². The number of aromatic nitrogens is 1. The smallest absolute Gasteiger partial charge is 0.107 e. The zero-order valence-electron chi connectivity index (χ0n) is 11.9. The minimum Gasteiger partial charge on any atom is -0.372 e. The molecule has 0 aliphatic carbocycles. The Labute approximate surface area is 115 Å². The predicted molar refractivity (Wildman–Crippen MR) is 77.9 cm³/mol. The normalized spacial score (nSPS) is 12.8. The highest BCUT2D eigenvalue weighted by Gasteiger charge is 2.05. The largest absolute Gasteiger partial charge is 0.372 e. The van der Waals surface area contributed by atoms with E-state index in [2.05, 4.69) is 29.5 Å². The number of ether oxygens (including phenoxy) is 1. The fourth-order valence-electron chi connectivity index (χ4n) is 1.82. The van der Waals surface area contributed by atoms with Crippen molar-refractivity contribution in [3.63, 3.8) is 0 Å². The second-order valence-electron chi connectivity index (χ2n) is 4.73. The zero-order valence-corrected chi connectivity index (χ0v) is 12.7. The van der Waals surface area contributed by atoms with Crippen LogP contribution >= 0.6 is 11.3 Å². The molecule has 1 aromatic heterocycles. The van der Waals surface area contributed by atoms with Crippen LogP contribution in [0.25, 0.3) is 0 Å². The van der Waals surface area contributed by atoms with Crippen LogP contribution in [-0.2, 0) is 17.9 Å². The van der Waals surface area contributed by atoms with E-state index >= 15 is 0 Å². The van der Waals surface area contributed by atoms with E-state index in [1.807, 2.05) is 7.05 Å². The summed E-state index contributed by atoms with van der Waals surface area (Å²) in [6.45, 7) is 5.89. The lowest BCUT2D eigenvalue weighted by molar-refractivity contribution is 0.0442. The first-order valence-electron chi connectivity index (χ1n) is 6.95. The molecule has 0 bridgehead atoms. The quantitative estimate of drug-likeness (QED) is 0.658. The van der Waals surface area contributed by atoms with Crippen molar-refractivity contribution in [3.05, 3.63) is 16.1 Å². The monoisotopic (exact) mass is 270 g/mol. The van der Waals surface area contributed by atoms with Crippen molar-refractivity contribution < 1.29 is 4.74 Å². The minimum absolute atomic E-state index is 0.344. The summed E-state index contributed by atoms with van der Waals surface area (Å²) < 4.78 is 5.82. The highest BCUT2D eigenvalue weighted by atomic mass is 32.1. The Balaban J connectivity index is 2.14. The molecule has 1 rings (SSSR count). The molecule has 18 heavy (non-hydrogen) atoms. The molecule has 1 unspecified atom stereocenters. The Kier molecular flexibility index (Phi) is 8.22. The van der Waals surface area contributed by atoms with Crippen LogP contribution in [-0.4, -0.2) is 18.1 Å². The maximum Gasteiger partial charge on any atom is 0.107 e. The molecule has 0 aliphatic rings. The molecule has 3 nitrogen and oxygen atoms in total. The highest BCUT2D eigenvalue weighted by Crippen LogP contribution is 2.13. The first-order chi connectivity index (χ1) is 8.76. The Morgan fingerprint density at radius 3 is 2.94 bits per heavy atom. The summed E-state index contributed by atoms with van der Waals surface area (Å²) in [5.41, 5.74) is 1.06. The van der Waals surface area contributed by atoms with Crippen molar-refractivity contribution in [1.29, 1.82) is 0 Å². The van der Waals surface area contributed by atoms with Gasteiger partial charge in [-0.15, -0.1) is 11.3 Å². The minimum atomic E-state index is 0.344. The van der Waals surface area contributed by atoms with Crippen LogP contribution in [0.3, 0.4) is 0 Å². The van der Waals surface area contributed by atoms with Crippen molar-refractivity contribution in [2.24, 2.45) is 0 Å². The lowest BCUT2D eigenvalue weighted by Gasteiger charge is -2.11. The first-order valence-corrected chi connectivity index (χ1v) is 7.83. The van der Waals surface area contributed by atoms with Gasteiger partial charge >= 0.3 is 0 Å². The number of rotatable bonds is 10. The number of unbranched alkanes of at least 4 members (excludes halogenated alkanes) is 3. The van der Waals surface area contributed by atoms with E-state index in [1.165, 1.54) is 25.7 Å². The lowest BCUT2D eigenvalue weighted by Crippen LogP contribution is -2.08. The molecule has 1 aromatic rings. The molecule has 1 atom stereocenters. The third-order valence-corrected chi connectivity index (χ3v) is 3.80. The van der Waals surface area contributed by atoms with Crippen LogP contribution in [0.4, 0.5) is 0 Å². The van der Waals surface area contributed by atoms with Gasteiger partial charge in [0.2, 0.25) is 0 Å². The number of hydrogen-bond acceptors (Lipinski definition) is 4. The van der Waals surface area contributed by atoms with Crippen LogP contribution < -0.4 is 5.32 Å². The van der Waals surface area contributed by atoms with Crippen molar-refractivity contribution in [2.45, 2.75) is 65.2 Å². The Hall–Kier alpha value is -0.450. The summed E-state index contributed by atoms with van der Waals surface area (Å²) in [5.74, 6) is 0. The van der Waals surface area contributed by atoms with Gasteiger partial charge in [0.05, 0.1) is 18.4 Å². The molecule has 0 saturated heterocycles. The van der Waals surface area contributed by atoms with Crippen molar-refractivity contribution in [1.82, 2.24) is 10.3 Å². The first kappa shape index (κ1) is 15.6. The lowest BCUT2D eigenvalue weighted by atomic mass is 10.1. The molecule has 0 saturated carbocycles. The maximum absolute atomic E-state index is 5.82. The van der Waals surface area contributed by atoms with Crippen LogP contribution in [0, 0.1) is 0 Å². The molecular formula is C14H26N2OS. The molecule has 0 fully saturated rings. The van der Waals surface area contributed by atoms with Crippen molar-refractivity contribution in [3.8, 4) is 0 Å². The summed E-state index contributed by atoms with van der Waals surface area (Å²) in [6, 6.07) is 0. The maximum atomic E-state index is 5.82. The van der Waals surface area contributed by atoms with Crippen LogP contribution in [0.5, 0.6) is 0 Å². The molecule has 1 heterocycles. The third-order valence-electron chi connectivity index (χ3n) is 2.91. The van der Waals surface area contributed by atoms with E-state index in [9.17, 15) is 0 Å². The van der Waals surface area contributed by atoms with Gasteiger partial charge in [0.1, 0.15) is 5.01 Å². The Morgan fingerprint density at radius 2 is 2.22 bits per heavy atom. The van der Waals surface area contributed by atoms with Gasteiger partial charge in [-0.1, -0.05) is 32.6 Å². The number of thiazole rings is 1. The summed E-state index contributed by atoms with van der Waals surface area (Å²) in [4.78, 5) is 4.51.